The van der Waals surface area contributed by atoms with Crippen molar-refractivity contribution in [2.75, 3.05) is 14.2 Å². The molecule has 8 nitrogen and oxygen atoms in total. The van der Waals surface area contributed by atoms with Crippen LogP contribution < -0.4 is 14.2 Å². The minimum Gasteiger partial charge on any atom is -0.497 e. The number of ketones is 1. The Kier molecular flexibility index (Phi) is 6.97. The SMILES string of the molecule is COc1ccc(OC)c(C(=O)C=Cc2ccccc2OC(=O)c2ccc([N+](=O)[O-])cc2)c1. The summed E-state index contributed by atoms with van der Waals surface area (Å²) in [6, 6.07) is 16.7. The maximum atomic E-state index is 12.7. The first-order chi connectivity index (χ1) is 15.4. The third-order valence-electron chi connectivity index (χ3n) is 4.52. The predicted octanol–water partition coefficient (Wildman–Crippen LogP) is 4.73. The highest BCUT2D eigenvalue weighted by Crippen LogP contribution is 2.26. The summed E-state index contributed by atoms with van der Waals surface area (Å²) in [5.41, 5.74) is 0.851. The number of esters is 1. The molecule has 0 aliphatic heterocycles. The number of carbonyl (C=O) groups excluding carboxylic acids is 2. The van der Waals surface area contributed by atoms with Gasteiger partial charge in [0.05, 0.1) is 30.3 Å². The number of nitro groups is 1. The van der Waals surface area contributed by atoms with E-state index in [1.165, 1.54) is 50.6 Å². The van der Waals surface area contributed by atoms with E-state index in [0.717, 1.165) is 0 Å². The van der Waals surface area contributed by atoms with Crippen LogP contribution in [0.15, 0.2) is 72.8 Å². The highest BCUT2D eigenvalue weighted by molar-refractivity contribution is 6.09. The van der Waals surface area contributed by atoms with Crippen molar-refractivity contribution in [2.45, 2.75) is 0 Å². The molecular formula is C24H19NO7. The lowest BCUT2D eigenvalue weighted by atomic mass is 10.1. The van der Waals surface area contributed by atoms with Crippen LogP contribution in [0.3, 0.4) is 0 Å². The lowest BCUT2D eigenvalue weighted by molar-refractivity contribution is -0.384. The van der Waals surface area contributed by atoms with E-state index in [4.69, 9.17) is 14.2 Å². The fraction of sp³-hybridized carbons (Fsp3) is 0.0833. The van der Waals surface area contributed by atoms with Gasteiger partial charge in [0.1, 0.15) is 17.2 Å². The molecule has 0 aromatic heterocycles. The first-order valence-electron chi connectivity index (χ1n) is 9.43. The van der Waals surface area contributed by atoms with Crippen molar-refractivity contribution in [1.82, 2.24) is 0 Å². The lowest BCUT2D eigenvalue weighted by Gasteiger charge is -2.09. The Hall–Kier alpha value is -4.46. The molecule has 0 atom stereocenters. The van der Waals surface area contributed by atoms with Crippen molar-refractivity contribution in [2.24, 2.45) is 0 Å². The van der Waals surface area contributed by atoms with Gasteiger partial charge < -0.3 is 14.2 Å². The molecule has 3 aromatic rings. The highest BCUT2D eigenvalue weighted by Gasteiger charge is 2.14. The van der Waals surface area contributed by atoms with E-state index < -0.39 is 10.9 Å². The van der Waals surface area contributed by atoms with Gasteiger partial charge in [-0.2, -0.15) is 0 Å². The van der Waals surface area contributed by atoms with E-state index >= 15 is 0 Å². The van der Waals surface area contributed by atoms with Crippen LogP contribution in [0.5, 0.6) is 17.2 Å². The monoisotopic (exact) mass is 433 g/mol. The van der Waals surface area contributed by atoms with Crippen LogP contribution in [0, 0.1) is 10.1 Å². The van der Waals surface area contributed by atoms with Crippen molar-refractivity contribution >= 4 is 23.5 Å². The lowest BCUT2D eigenvalue weighted by Crippen LogP contribution is -2.09. The Morgan fingerprint density at radius 2 is 1.62 bits per heavy atom. The third-order valence-corrected chi connectivity index (χ3v) is 4.52. The largest absolute Gasteiger partial charge is 0.497 e. The number of benzene rings is 3. The van der Waals surface area contributed by atoms with Gasteiger partial charge in [0.2, 0.25) is 0 Å². The van der Waals surface area contributed by atoms with Gasteiger partial charge in [0.15, 0.2) is 5.78 Å². The molecule has 3 rings (SSSR count). The summed E-state index contributed by atoms with van der Waals surface area (Å²) in [4.78, 5) is 35.4. The first-order valence-corrected chi connectivity index (χ1v) is 9.43. The summed E-state index contributed by atoms with van der Waals surface area (Å²) in [7, 11) is 2.97. The number of hydrogen-bond acceptors (Lipinski definition) is 7. The Bertz CT molecular complexity index is 1180. The van der Waals surface area contributed by atoms with Gasteiger partial charge in [-0.25, -0.2) is 4.79 Å². The number of nitro benzene ring substituents is 1. The second-order valence-electron chi connectivity index (χ2n) is 6.50. The van der Waals surface area contributed by atoms with Crippen LogP contribution in [0.4, 0.5) is 5.69 Å². The number of carbonyl (C=O) groups is 2. The zero-order valence-corrected chi connectivity index (χ0v) is 17.3. The summed E-state index contributed by atoms with van der Waals surface area (Å²) in [6.07, 6.45) is 2.87. The zero-order valence-electron chi connectivity index (χ0n) is 17.3. The highest BCUT2D eigenvalue weighted by atomic mass is 16.6. The van der Waals surface area contributed by atoms with Gasteiger partial charge in [0.25, 0.3) is 5.69 Å². The fourth-order valence-electron chi connectivity index (χ4n) is 2.85. The van der Waals surface area contributed by atoms with Crippen molar-refractivity contribution in [3.05, 3.63) is 99.6 Å². The van der Waals surface area contributed by atoms with E-state index in [9.17, 15) is 19.7 Å². The molecule has 162 valence electrons. The number of non-ortho nitro benzene ring substituents is 1. The molecule has 0 bridgehead atoms. The van der Waals surface area contributed by atoms with E-state index in [0.29, 0.717) is 22.6 Å². The number of methoxy groups -OCH3 is 2. The summed E-state index contributed by atoms with van der Waals surface area (Å²) >= 11 is 0. The topological polar surface area (TPSA) is 105 Å². The minimum absolute atomic E-state index is 0.128. The molecule has 0 amide bonds. The number of rotatable bonds is 8. The second kappa shape index (κ2) is 10.0. The average molecular weight is 433 g/mol. The molecule has 32 heavy (non-hydrogen) atoms. The van der Waals surface area contributed by atoms with Crippen LogP contribution in [0.25, 0.3) is 6.08 Å². The second-order valence-corrected chi connectivity index (χ2v) is 6.50. The molecule has 0 aliphatic carbocycles. The number of para-hydroxylation sites is 1. The Labute approximate surface area is 183 Å². The van der Waals surface area contributed by atoms with Crippen molar-refractivity contribution in [1.29, 1.82) is 0 Å². The quantitative estimate of drug-likeness (QED) is 0.126. The summed E-state index contributed by atoms with van der Waals surface area (Å²) in [5, 5.41) is 10.8. The molecule has 8 heteroatoms. The molecule has 0 fully saturated rings. The van der Waals surface area contributed by atoms with Crippen LogP contribution in [-0.2, 0) is 0 Å². The maximum absolute atomic E-state index is 12.7. The average Bonchev–Trinajstić information content (AvgIpc) is 2.82. The molecule has 0 unspecified atom stereocenters. The molecule has 0 radical (unpaired) electrons. The van der Waals surface area contributed by atoms with E-state index in [2.05, 4.69) is 0 Å². The molecular weight excluding hydrogens is 414 g/mol. The smallest absolute Gasteiger partial charge is 0.343 e. The summed E-state index contributed by atoms with van der Waals surface area (Å²) < 4.78 is 15.8. The summed E-state index contributed by atoms with van der Waals surface area (Å²) in [6.45, 7) is 0. The molecule has 0 heterocycles. The first kappa shape index (κ1) is 22.2. The molecule has 0 N–H and O–H groups in total. The number of ether oxygens (including phenoxy) is 3. The summed E-state index contributed by atoms with van der Waals surface area (Å²) in [5.74, 6) is 0.148. The Morgan fingerprint density at radius 3 is 2.28 bits per heavy atom. The molecule has 0 saturated heterocycles. The van der Waals surface area contributed by atoms with Gasteiger partial charge in [-0.15, -0.1) is 0 Å². The van der Waals surface area contributed by atoms with E-state index in [1.54, 1.807) is 42.5 Å². The van der Waals surface area contributed by atoms with Crippen molar-refractivity contribution in [3.8, 4) is 17.2 Å². The normalized spacial score (nSPS) is 10.6. The molecule has 0 aliphatic rings. The van der Waals surface area contributed by atoms with Gasteiger partial charge in [0, 0.05) is 17.7 Å². The number of nitrogens with zero attached hydrogens (tertiary/aromatic N) is 1. The third kappa shape index (κ3) is 5.17. The van der Waals surface area contributed by atoms with Gasteiger partial charge in [-0.3, -0.25) is 14.9 Å². The number of hydrogen-bond donors (Lipinski definition) is 0. The van der Waals surface area contributed by atoms with Crippen molar-refractivity contribution in [3.63, 3.8) is 0 Å². The molecule has 0 saturated carbocycles. The van der Waals surface area contributed by atoms with Gasteiger partial charge in [-0.1, -0.05) is 18.2 Å². The Balaban J connectivity index is 1.81. The zero-order chi connectivity index (χ0) is 23.1. The van der Waals surface area contributed by atoms with Crippen LogP contribution in [0.2, 0.25) is 0 Å². The molecule has 3 aromatic carbocycles. The van der Waals surface area contributed by atoms with Crippen LogP contribution in [-0.4, -0.2) is 30.9 Å². The standard InChI is InChI=1S/C24H19NO7/c1-30-19-12-14-23(31-2)20(15-19)21(26)13-9-16-5-3-4-6-22(16)32-24(27)17-7-10-18(11-8-17)25(28)29/h3-15H,1-2H3. The Morgan fingerprint density at radius 1 is 0.906 bits per heavy atom. The minimum atomic E-state index is -0.679. The number of allylic oxidation sites excluding steroid dienone is 1. The van der Waals surface area contributed by atoms with Gasteiger partial charge in [-0.05, 0) is 48.6 Å². The molecule has 0 spiro atoms. The predicted molar refractivity (Wildman–Crippen MR) is 117 cm³/mol. The van der Waals surface area contributed by atoms with E-state index in [-0.39, 0.29) is 22.8 Å². The van der Waals surface area contributed by atoms with Crippen LogP contribution >= 0.6 is 0 Å². The maximum Gasteiger partial charge on any atom is 0.343 e. The fourth-order valence-corrected chi connectivity index (χ4v) is 2.85. The van der Waals surface area contributed by atoms with E-state index in [1.807, 2.05) is 0 Å². The van der Waals surface area contributed by atoms with Crippen molar-refractivity contribution < 1.29 is 28.7 Å². The van der Waals surface area contributed by atoms with Gasteiger partial charge >= 0.3 is 5.97 Å². The van der Waals surface area contributed by atoms with Crippen LogP contribution in [0.1, 0.15) is 26.3 Å².